The lowest BCUT2D eigenvalue weighted by Gasteiger charge is -2.49. The highest BCUT2D eigenvalue weighted by molar-refractivity contribution is 4.94. The number of nitrogens with zero attached hydrogens (tertiary/aromatic N) is 1. The molecule has 1 rings (SSSR count). The average Bonchev–Trinajstić information content (AvgIpc) is 2.30. The van der Waals surface area contributed by atoms with Gasteiger partial charge in [0.2, 0.25) is 0 Å². The lowest BCUT2D eigenvalue weighted by atomic mass is 9.82. The summed E-state index contributed by atoms with van der Waals surface area (Å²) in [7, 11) is 0. The first kappa shape index (κ1) is 16.0. The quantitative estimate of drug-likeness (QED) is 0.805. The monoisotopic (exact) mass is 254 g/mol. The molecule has 2 heteroatoms. The number of rotatable bonds is 5. The largest absolute Gasteiger partial charge is 0.311 e. The lowest BCUT2D eigenvalue weighted by Crippen LogP contribution is -2.63. The van der Waals surface area contributed by atoms with Crippen molar-refractivity contribution in [2.24, 2.45) is 5.41 Å². The van der Waals surface area contributed by atoms with Crippen LogP contribution >= 0.6 is 0 Å². The Labute approximate surface area is 115 Å². The van der Waals surface area contributed by atoms with E-state index in [0.717, 1.165) is 12.6 Å². The molecule has 0 aliphatic carbocycles. The molecule has 0 aromatic heterocycles. The highest BCUT2D eigenvalue weighted by atomic mass is 15.3. The van der Waals surface area contributed by atoms with Crippen molar-refractivity contribution in [1.29, 1.82) is 0 Å². The van der Waals surface area contributed by atoms with Crippen molar-refractivity contribution in [3.8, 4) is 0 Å². The first-order valence-corrected chi connectivity index (χ1v) is 7.93. The number of hydrogen-bond donors (Lipinski definition) is 1. The Balaban J connectivity index is 2.79. The molecule has 0 aromatic rings. The van der Waals surface area contributed by atoms with Crippen LogP contribution in [0.3, 0.4) is 0 Å². The Hall–Kier alpha value is -0.0800. The van der Waals surface area contributed by atoms with Crippen molar-refractivity contribution in [3.05, 3.63) is 0 Å². The van der Waals surface area contributed by atoms with Crippen LogP contribution in [0.4, 0.5) is 0 Å². The summed E-state index contributed by atoms with van der Waals surface area (Å²) in [5.74, 6) is 0. The van der Waals surface area contributed by atoms with E-state index in [4.69, 9.17) is 0 Å². The van der Waals surface area contributed by atoms with Crippen molar-refractivity contribution < 1.29 is 0 Å². The van der Waals surface area contributed by atoms with Gasteiger partial charge in [0.25, 0.3) is 0 Å². The third-order valence-electron chi connectivity index (χ3n) is 4.48. The van der Waals surface area contributed by atoms with Crippen LogP contribution in [0.5, 0.6) is 0 Å². The van der Waals surface area contributed by atoms with Gasteiger partial charge in [0, 0.05) is 31.2 Å². The second-order valence-corrected chi connectivity index (χ2v) is 6.94. The number of hydrogen-bond acceptors (Lipinski definition) is 2. The number of nitrogens with one attached hydrogen (secondary N) is 1. The molecule has 2 nitrogen and oxygen atoms in total. The van der Waals surface area contributed by atoms with Crippen molar-refractivity contribution in [2.75, 3.05) is 13.1 Å². The molecule has 2 unspecified atom stereocenters. The molecular weight excluding hydrogens is 220 g/mol. The van der Waals surface area contributed by atoms with Crippen LogP contribution < -0.4 is 5.32 Å². The zero-order valence-electron chi connectivity index (χ0n) is 13.4. The van der Waals surface area contributed by atoms with Gasteiger partial charge in [0.15, 0.2) is 0 Å². The number of piperazine rings is 1. The van der Waals surface area contributed by atoms with Crippen LogP contribution in [0.15, 0.2) is 0 Å². The van der Waals surface area contributed by atoms with E-state index in [2.05, 4.69) is 51.8 Å². The van der Waals surface area contributed by atoms with Gasteiger partial charge in [-0.3, -0.25) is 4.90 Å². The molecule has 1 aliphatic rings. The maximum Gasteiger partial charge on any atom is 0.0272 e. The van der Waals surface area contributed by atoms with Gasteiger partial charge in [-0.25, -0.2) is 0 Å². The second kappa shape index (κ2) is 6.91. The lowest BCUT2D eigenvalue weighted by molar-refractivity contribution is 0.0161. The SMILES string of the molecule is CCCC1CN(C(CC)CC)C(C(C)(C)C)CN1. The van der Waals surface area contributed by atoms with Crippen LogP contribution in [-0.2, 0) is 0 Å². The Morgan fingerprint density at radius 1 is 1.17 bits per heavy atom. The van der Waals surface area contributed by atoms with E-state index in [1.54, 1.807) is 0 Å². The summed E-state index contributed by atoms with van der Waals surface area (Å²) in [6, 6.07) is 2.14. The second-order valence-electron chi connectivity index (χ2n) is 6.94. The molecule has 0 radical (unpaired) electrons. The Kier molecular flexibility index (Phi) is 6.13. The molecular formula is C16H34N2. The van der Waals surface area contributed by atoms with Gasteiger partial charge in [-0.15, -0.1) is 0 Å². The molecule has 1 N–H and O–H groups in total. The molecule has 0 spiro atoms. The van der Waals surface area contributed by atoms with Crippen LogP contribution in [-0.4, -0.2) is 36.1 Å². The predicted molar refractivity (Wildman–Crippen MR) is 81.0 cm³/mol. The van der Waals surface area contributed by atoms with E-state index < -0.39 is 0 Å². The summed E-state index contributed by atoms with van der Waals surface area (Å²) >= 11 is 0. The van der Waals surface area contributed by atoms with E-state index in [0.29, 0.717) is 17.5 Å². The first-order chi connectivity index (χ1) is 8.43. The minimum Gasteiger partial charge on any atom is -0.311 e. The van der Waals surface area contributed by atoms with Gasteiger partial charge in [-0.05, 0) is 24.7 Å². The summed E-state index contributed by atoms with van der Waals surface area (Å²) in [6.45, 7) is 16.5. The molecule has 1 aliphatic heterocycles. The van der Waals surface area contributed by atoms with Gasteiger partial charge < -0.3 is 5.32 Å². The van der Waals surface area contributed by atoms with E-state index in [1.165, 1.54) is 32.2 Å². The van der Waals surface area contributed by atoms with Crippen LogP contribution in [0.2, 0.25) is 0 Å². The van der Waals surface area contributed by atoms with E-state index in [1.807, 2.05) is 0 Å². The van der Waals surface area contributed by atoms with Crippen LogP contribution in [0.1, 0.15) is 67.2 Å². The summed E-state index contributed by atoms with van der Waals surface area (Å²) in [5.41, 5.74) is 0.368. The fraction of sp³-hybridized carbons (Fsp3) is 1.00. The van der Waals surface area contributed by atoms with Crippen molar-refractivity contribution >= 4 is 0 Å². The Bertz CT molecular complexity index is 228. The smallest absolute Gasteiger partial charge is 0.0272 e. The molecule has 18 heavy (non-hydrogen) atoms. The molecule has 2 atom stereocenters. The van der Waals surface area contributed by atoms with Crippen LogP contribution in [0.25, 0.3) is 0 Å². The normalized spacial score (nSPS) is 26.8. The van der Waals surface area contributed by atoms with Crippen molar-refractivity contribution in [2.45, 2.75) is 85.4 Å². The van der Waals surface area contributed by atoms with E-state index in [-0.39, 0.29) is 0 Å². The minimum atomic E-state index is 0.368. The maximum absolute atomic E-state index is 3.77. The Morgan fingerprint density at radius 2 is 1.78 bits per heavy atom. The Morgan fingerprint density at radius 3 is 2.22 bits per heavy atom. The minimum absolute atomic E-state index is 0.368. The topological polar surface area (TPSA) is 15.3 Å². The van der Waals surface area contributed by atoms with Crippen molar-refractivity contribution in [3.63, 3.8) is 0 Å². The average molecular weight is 254 g/mol. The van der Waals surface area contributed by atoms with Gasteiger partial charge in [0.1, 0.15) is 0 Å². The molecule has 0 bridgehead atoms. The molecule has 0 amide bonds. The fourth-order valence-corrected chi connectivity index (χ4v) is 3.35. The predicted octanol–water partition coefficient (Wildman–Crippen LogP) is 3.66. The summed E-state index contributed by atoms with van der Waals surface area (Å²) in [5, 5.41) is 3.77. The van der Waals surface area contributed by atoms with Crippen molar-refractivity contribution in [1.82, 2.24) is 10.2 Å². The molecule has 0 aromatic carbocycles. The van der Waals surface area contributed by atoms with Gasteiger partial charge in [0.05, 0.1) is 0 Å². The van der Waals surface area contributed by atoms with Gasteiger partial charge >= 0.3 is 0 Å². The summed E-state index contributed by atoms with van der Waals surface area (Å²) in [4.78, 5) is 2.80. The van der Waals surface area contributed by atoms with E-state index >= 15 is 0 Å². The fourth-order valence-electron chi connectivity index (χ4n) is 3.35. The standard InChI is InChI=1S/C16H34N2/c1-7-10-13-12-18(14(8-2)9-3)15(11-17-13)16(4,5)6/h13-15,17H,7-12H2,1-6H3. The summed E-state index contributed by atoms with van der Waals surface area (Å²) in [6.07, 6.45) is 5.16. The molecule has 108 valence electrons. The van der Waals surface area contributed by atoms with E-state index in [9.17, 15) is 0 Å². The zero-order chi connectivity index (χ0) is 13.8. The maximum atomic E-state index is 3.77. The highest BCUT2D eigenvalue weighted by Crippen LogP contribution is 2.30. The van der Waals surface area contributed by atoms with Gasteiger partial charge in [-0.2, -0.15) is 0 Å². The van der Waals surface area contributed by atoms with Gasteiger partial charge in [-0.1, -0.05) is 48.0 Å². The molecule has 1 fully saturated rings. The highest BCUT2D eigenvalue weighted by Gasteiger charge is 2.37. The zero-order valence-corrected chi connectivity index (χ0v) is 13.4. The summed E-state index contributed by atoms with van der Waals surface area (Å²) < 4.78 is 0. The molecule has 0 saturated carbocycles. The third-order valence-corrected chi connectivity index (χ3v) is 4.48. The van der Waals surface area contributed by atoms with Crippen LogP contribution in [0, 0.1) is 5.41 Å². The molecule has 1 heterocycles. The molecule has 1 saturated heterocycles. The first-order valence-electron chi connectivity index (χ1n) is 7.93. The third kappa shape index (κ3) is 3.96.